The number of unbranched alkanes of at least 4 members (excludes halogenated alkanes) is 1. The molecule has 1 aromatic carbocycles. The first kappa shape index (κ1) is 15.9. The van der Waals surface area contributed by atoms with Crippen molar-refractivity contribution in [3.8, 4) is 11.3 Å². The molecule has 2 aromatic rings. The van der Waals surface area contributed by atoms with E-state index in [-0.39, 0.29) is 6.09 Å². The van der Waals surface area contributed by atoms with Crippen LogP contribution >= 0.6 is 11.6 Å². The van der Waals surface area contributed by atoms with Crippen molar-refractivity contribution in [2.45, 2.75) is 32.7 Å². The Morgan fingerprint density at radius 2 is 2.17 bits per heavy atom. The van der Waals surface area contributed by atoms with Gasteiger partial charge in [-0.25, -0.2) is 4.79 Å². The fourth-order valence-corrected chi connectivity index (χ4v) is 2.72. The topological polar surface area (TPSA) is 55.6 Å². The van der Waals surface area contributed by atoms with Gasteiger partial charge in [0, 0.05) is 29.1 Å². The van der Waals surface area contributed by atoms with E-state index in [2.05, 4.69) is 12.1 Å². The summed E-state index contributed by atoms with van der Waals surface area (Å²) in [7, 11) is 0. The lowest BCUT2D eigenvalue weighted by atomic mass is 10.0. The molecule has 0 aliphatic carbocycles. The second-order valence-electron chi connectivity index (χ2n) is 5.58. The molecule has 5 nitrogen and oxygen atoms in total. The second-order valence-corrected chi connectivity index (χ2v) is 6.02. The Hall–Kier alpha value is -2.01. The first-order chi connectivity index (χ1) is 11.2. The van der Waals surface area contributed by atoms with E-state index in [0.717, 1.165) is 29.7 Å². The lowest BCUT2D eigenvalue weighted by Gasteiger charge is -2.25. The number of aromatic nitrogens is 1. The van der Waals surface area contributed by atoms with E-state index in [1.165, 1.54) is 0 Å². The first-order valence-electron chi connectivity index (χ1n) is 7.84. The lowest BCUT2D eigenvalue weighted by molar-refractivity contribution is 0.0966. The number of carbonyl (C=O) groups is 1. The van der Waals surface area contributed by atoms with Gasteiger partial charge in [-0.05, 0) is 30.7 Å². The Kier molecular flexibility index (Phi) is 4.86. The SMILES string of the molecule is CCCCOC(=O)N1CCc2noc(-c3ccc(Cl)cc3)c2C1. The van der Waals surface area contributed by atoms with Gasteiger partial charge in [0.05, 0.1) is 18.8 Å². The number of benzene rings is 1. The number of rotatable bonds is 4. The smallest absolute Gasteiger partial charge is 0.410 e. The van der Waals surface area contributed by atoms with Gasteiger partial charge in [0.25, 0.3) is 0 Å². The van der Waals surface area contributed by atoms with Crippen molar-refractivity contribution in [2.24, 2.45) is 0 Å². The van der Waals surface area contributed by atoms with Gasteiger partial charge in [-0.1, -0.05) is 30.1 Å². The average Bonchev–Trinajstić information content (AvgIpc) is 2.99. The maximum Gasteiger partial charge on any atom is 0.410 e. The van der Waals surface area contributed by atoms with E-state index in [1.54, 1.807) is 4.90 Å². The molecular formula is C17H19ClN2O3. The van der Waals surface area contributed by atoms with Gasteiger partial charge in [0.15, 0.2) is 5.76 Å². The van der Waals surface area contributed by atoms with E-state index >= 15 is 0 Å². The Morgan fingerprint density at radius 3 is 2.91 bits per heavy atom. The minimum absolute atomic E-state index is 0.271. The van der Waals surface area contributed by atoms with Gasteiger partial charge in [-0.3, -0.25) is 0 Å². The largest absolute Gasteiger partial charge is 0.449 e. The minimum atomic E-state index is -0.271. The van der Waals surface area contributed by atoms with Gasteiger partial charge < -0.3 is 14.2 Å². The predicted octanol–water partition coefficient (Wildman–Crippen LogP) is 4.29. The number of amides is 1. The van der Waals surface area contributed by atoms with E-state index in [0.29, 0.717) is 36.9 Å². The zero-order chi connectivity index (χ0) is 16.2. The Morgan fingerprint density at radius 1 is 1.39 bits per heavy atom. The third kappa shape index (κ3) is 3.50. The average molecular weight is 335 g/mol. The van der Waals surface area contributed by atoms with Crippen LogP contribution < -0.4 is 0 Å². The van der Waals surface area contributed by atoms with Crippen molar-refractivity contribution in [1.29, 1.82) is 0 Å². The highest BCUT2D eigenvalue weighted by molar-refractivity contribution is 6.30. The zero-order valence-electron chi connectivity index (χ0n) is 13.0. The summed E-state index contributed by atoms with van der Waals surface area (Å²) in [5.74, 6) is 0.697. The molecule has 1 aliphatic rings. The van der Waals surface area contributed by atoms with Crippen LogP contribution in [0.25, 0.3) is 11.3 Å². The van der Waals surface area contributed by atoms with Crippen molar-refractivity contribution in [1.82, 2.24) is 10.1 Å². The van der Waals surface area contributed by atoms with Gasteiger partial charge in [-0.15, -0.1) is 0 Å². The number of carbonyl (C=O) groups excluding carboxylic acids is 1. The first-order valence-corrected chi connectivity index (χ1v) is 8.22. The standard InChI is InChI=1S/C17H19ClN2O3/c1-2-3-10-22-17(21)20-9-8-15-14(11-20)16(23-19-15)12-4-6-13(18)7-5-12/h4-7H,2-3,8-11H2,1H3. The van der Waals surface area contributed by atoms with Crippen LogP contribution in [0, 0.1) is 0 Å². The fourth-order valence-electron chi connectivity index (χ4n) is 2.59. The maximum absolute atomic E-state index is 12.1. The zero-order valence-corrected chi connectivity index (χ0v) is 13.8. The third-order valence-corrected chi connectivity index (χ3v) is 4.18. The molecule has 0 saturated carbocycles. The van der Waals surface area contributed by atoms with Crippen LogP contribution in [0.1, 0.15) is 31.0 Å². The number of ether oxygens (including phenoxy) is 1. The van der Waals surface area contributed by atoms with Gasteiger partial charge in [-0.2, -0.15) is 0 Å². The molecule has 1 amide bonds. The summed E-state index contributed by atoms with van der Waals surface area (Å²) < 4.78 is 10.8. The molecule has 0 fully saturated rings. The summed E-state index contributed by atoms with van der Waals surface area (Å²) in [5, 5.41) is 4.81. The molecule has 0 spiro atoms. The molecule has 23 heavy (non-hydrogen) atoms. The van der Waals surface area contributed by atoms with Crippen LogP contribution in [0.3, 0.4) is 0 Å². The van der Waals surface area contributed by atoms with E-state index in [9.17, 15) is 4.79 Å². The molecule has 2 heterocycles. The molecular weight excluding hydrogens is 316 g/mol. The normalized spacial score (nSPS) is 13.7. The van der Waals surface area contributed by atoms with Crippen molar-refractivity contribution in [2.75, 3.05) is 13.2 Å². The van der Waals surface area contributed by atoms with Crippen molar-refractivity contribution < 1.29 is 14.1 Å². The van der Waals surface area contributed by atoms with Crippen LogP contribution in [0.2, 0.25) is 5.02 Å². The van der Waals surface area contributed by atoms with Crippen LogP contribution in [-0.2, 0) is 17.7 Å². The summed E-state index contributed by atoms with van der Waals surface area (Å²) in [5.41, 5.74) is 2.77. The molecule has 0 atom stereocenters. The Bertz CT molecular complexity index is 682. The quantitative estimate of drug-likeness (QED) is 0.783. The second kappa shape index (κ2) is 7.04. The Balaban J connectivity index is 1.76. The van der Waals surface area contributed by atoms with Crippen molar-refractivity contribution >= 4 is 17.7 Å². The fraction of sp³-hybridized carbons (Fsp3) is 0.412. The number of nitrogens with zero attached hydrogens (tertiary/aromatic N) is 2. The molecule has 0 bridgehead atoms. The molecule has 1 aliphatic heterocycles. The highest BCUT2D eigenvalue weighted by atomic mass is 35.5. The molecule has 6 heteroatoms. The van der Waals surface area contributed by atoms with Gasteiger partial charge in [0.1, 0.15) is 0 Å². The molecule has 122 valence electrons. The van der Waals surface area contributed by atoms with E-state index in [1.807, 2.05) is 24.3 Å². The molecule has 0 radical (unpaired) electrons. The molecule has 3 rings (SSSR count). The van der Waals surface area contributed by atoms with Crippen molar-refractivity contribution in [3.63, 3.8) is 0 Å². The molecule has 1 aromatic heterocycles. The Labute approximate surface area is 140 Å². The van der Waals surface area contributed by atoms with E-state index in [4.69, 9.17) is 20.9 Å². The molecule has 0 saturated heterocycles. The summed E-state index contributed by atoms with van der Waals surface area (Å²) >= 11 is 5.93. The molecule has 0 N–H and O–H groups in total. The number of hydrogen-bond donors (Lipinski definition) is 0. The summed E-state index contributed by atoms with van der Waals surface area (Å²) in [4.78, 5) is 13.8. The predicted molar refractivity (Wildman–Crippen MR) is 87.3 cm³/mol. The van der Waals surface area contributed by atoms with Gasteiger partial charge in [0.2, 0.25) is 0 Å². The minimum Gasteiger partial charge on any atom is -0.449 e. The monoisotopic (exact) mass is 334 g/mol. The van der Waals surface area contributed by atoms with Crippen LogP contribution in [0.15, 0.2) is 28.8 Å². The number of halogens is 1. The number of fused-ring (bicyclic) bond motifs is 1. The van der Waals surface area contributed by atoms with Gasteiger partial charge >= 0.3 is 6.09 Å². The summed E-state index contributed by atoms with van der Waals surface area (Å²) in [6.07, 6.45) is 2.29. The third-order valence-electron chi connectivity index (χ3n) is 3.93. The van der Waals surface area contributed by atoms with Crippen molar-refractivity contribution in [3.05, 3.63) is 40.5 Å². The van der Waals surface area contributed by atoms with Crippen LogP contribution in [-0.4, -0.2) is 29.3 Å². The lowest BCUT2D eigenvalue weighted by Crippen LogP contribution is -2.36. The van der Waals surface area contributed by atoms with Crippen LogP contribution in [0.5, 0.6) is 0 Å². The van der Waals surface area contributed by atoms with Crippen LogP contribution in [0.4, 0.5) is 4.79 Å². The maximum atomic E-state index is 12.1. The summed E-state index contributed by atoms with van der Waals surface area (Å²) in [6, 6.07) is 7.40. The molecule has 0 unspecified atom stereocenters. The summed E-state index contributed by atoms with van der Waals surface area (Å²) in [6.45, 7) is 3.59. The number of hydrogen-bond acceptors (Lipinski definition) is 4. The van der Waals surface area contributed by atoms with E-state index < -0.39 is 0 Å². The highest BCUT2D eigenvalue weighted by Gasteiger charge is 2.28. The highest BCUT2D eigenvalue weighted by Crippen LogP contribution is 2.31.